The normalized spacial score (nSPS) is 0. The van der Waals surface area contributed by atoms with Crippen LogP contribution < -0.4 is 0 Å². The van der Waals surface area contributed by atoms with E-state index in [4.69, 9.17) is 0 Å². The molecule has 0 rings (SSSR count). The zero-order valence-corrected chi connectivity index (χ0v) is 3.93. The molecular formula is Mn2O2. The standard InChI is InChI=1S/2Mn.2O/q;+4;2*-2. The quantitative estimate of drug-likeness (QED) is 0.419. The van der Waals surface area contributed by atoms with Gasteiger partial charge in [-0.25, -0.2) is 0 Å². The molecule has 4 heteroatoms. The van der Waals surface area contributed by atoms with E-state index in [9.17, 15) is 0 Å². The van der Waals surface area contributed by atoms with Gasteiger partial charge in [0.25, 0.3) is 0 Å². The van der Waals surface area contributed by atoms with Gasteiger partial charge in [-0.3, -0.25) is 0 Å². The largest absolute Gasteiger partial charge is 4.00 e. The molecule has 26 valence electrons. The van der Waals surface area contributed by atoms with Crippen LogP contribution in [0, 0.1) is 0 Å². The first kappa shape index (κ1) is 84.5. The summed E-state index contributed by atoms with van der Waals surface area (Å²) in [6, 6.07) is 0. The smallest absolute Gasteiger partial charge is 2.00 e. The van der Waals surface area contributed by atoms with Crippen molar-refractivity contribution in [3.63, 3.8) is 0 Å². The third-order valence-corrected chi connectivity index (χ3v) is 0. The Morgan fingerprint density at radius 2 is 0.750 bits per heavy atom. The third-order valence-electron chi connectivity index (χ3n) is 0. The van der Waals surface area contributed by atoms with E-state index >= 15 is 0 Å². The molecule has 0 fully saturated rings. The van der Waals surface area contributed by atoms with E-state index in [0.717, 1.165) is 0 Å². The van der Waals surface area contributed by atoms with Crippen LogP contribution in [0.4, 0.5) is 0 Å². The molecule has 0 amide bonds. The molecule has 0 aromatic carbocycles. The molecule has 0 bridgehead atoms. The van der Waals surface area contributed by atoms with E-state index in [2.05, 4.69) is 0 Å². The minimum atomic E-state index is 0. The third kappa shape index (κ3) is 12.3. The fourth-order valence-corrected chi connectivity index (χ4v) is 0. The summed E-state index contributed by atoms with van der Waals surface area (Å²) in [7, 11) is 0. The Bertz CT molecular complexity index is 4.00. The summed E-state index contributed by atoms with van der Waals surface area (Å²) >= 11 is 0. The topological polar surface area (TPSA) is 57.0 Å². The Labute approximate surface area is 45.5 Å². The van der Waals surface area contributed by atoms with Crippen LogP contribution in [0.2, 0.25) is 0 Å². The molecule has 0 saturated heterocycles. The van der Waals surface area contributed by atoms with Crippen molar-refractivity contribution in [1.82, 2.24) is 0 Å². The van der Waals surface area contributed by atoms with Crippen LogP contribution >= 0.6 is 0 Å². The summed E-state index contributed by atoms with van der Waals surface area (Å²) in [6.07, 6.45) is 0. The monoisotopic (exact) mass is 142 g/mol. The molecule has 0 aliphatic heterocycles. The van der Waals surface area contributed by atoms with Crippen molar-refractivity contribution < 1.29 is 45.1 Å². The summed E-state index contributed by atoms with van der Waals surface area (Å²) < 4.78 is 0. The summed E-state index contributed by atoms with van der Waals surface area (Å²) in [5.41, 5.74) is 0. The van der Waals surface area contributed by atoms with Gasteiger partial charge >= 0.3 is 17.1 Å². The van der Waals surface area contributed by atoms with Gasteiger partial charge in [0.15, 0.2) is 0 Å². The molecule has 0 aromatic heterocycles. The van der Waals surface area contributed by atoms with Crippen molar-refractivity contribution in [2.24, 2.45) is 0 Å². The summed E-state index contributed by atoms with van der Waals surface area (Å²) in [5.74, 6) is 0. The predicted octanol–water partition coefficient (Wildman–Crippen LogP) is -0.243. The van der Waals surface area contributed by atoms with Gasteiger partial charge in [0.2, 0.25) is 0 Å². The Morgan fingerprint density at radius 3 is 0.750 bits per heavy atom. The Hall–Kier alpha value is 0.959. The van der Waals surface area contributed by atoms with E-state index < -0.39 is 0 Å². The van der Waals surface area contributed by atoms with Crippen molar-refractivity contribution in [3.05, 3.63) is 0 Å². The first-order valence-electron chi connectivity index (χ1n) is 0. The second-order valence-electron chi connectivity index (χ2n) is 0. The first-order chi connectivity index (χ1) is 0. The SMILES string of the molecule is [Mn+4].[Mn].[O-2].[O-2]. The maximum Gasteiger partial charge on any atom is 4.00 e. The molecule has 0 atom stereocenters. The summed E-state index contributed by atoms with van der Waals surface area (Å²) in [5, 5.41) is 0. The zero-order valence-electron chi connectivity index (χ0n) is 1.57. The van der Waals surface area contributed by atoms with Crippen LogP contribution in [-0.4, -0.2) is 0 Å². The van der Waals surface area contributed by atoms with Crippen LogP contribution in [-0.2, 0) is 45.1 Å². The molecule has 0 N–H and O–H groups in total. The van der Waals surface area contributed by atoms with Gasteiger partial charge in [0, 0.05) is 17.1 Å². The fraction of sp³-hybridized carbons (Fsp3) is 0. The molecule has 0 saturated carbocycles. The molecule has 0 aliphatic rings. The van der Waals surface area contributed by atoms with Crippen LogP contribution in [0.3, 0.4) is 0 Å². The summed E-state index contributed by atoms with van der Waals surface area (Å²) in [4.78, 5) is 0. The average Bonchev–Trinajstić information content (AvgIpc) is 0. The second kappa shape index (κ2) is 37.7. The minimum absolute atomic E-state index is 0. The number of rotatable bonds is 0. The second-order valence-corrected chi connectivity index (χ2v) is 0. The van der Waals surface area contributed by atoms with Gasteiger partial charge in [-0.15, -0.1) is 0 Å². The Morgan fingerprint density at radius 1 is 0.750 bits per heavy atom. The molecule has 0 heterocycles. The van der Waals surface area contributed by atoms with Crippen molar-refractivity contribution in [2.45, 2.75) is 0 Å². The Kier molecular flexibility index (Phi) is 796. The first-order valence-corrected chi connectivity index (χ1v) is 0. The van der Waals surface area contributed by atoms with Gasteiger partial charge in [0.1, 0.15) is 0 Å². The van der Waals surface area contributed by atoms with Crippen molar-refractivity contribution >= 4 is 0 Å². The number of hydrogen-bond acceptors (Lipinski definition) is 0. The Balaban J connectivity index is 0. The van der Waals surface area contributed by atoms with E-state index in [1.54, 1.807) is 0 Å². The average molecular weight is 142 g/mol. The molecule has 0 unspecified atom stereocenters. The fourth-order valence-electron chi connectivity index (χ4n) is 0. The molecule has 2 radical (unpaired) electrons. The van der Waals surface area contributed by atoms with E-state index in [1.807, 2.05) is 0 Å². The van der Waals surface area contributed by atoms with Gasteiger partial charge in [-0.1, -0.05) is 0 Å². The van der Waals surface area contributed by atoms with Crippen LogP contribution in [0.5, 0.6) is 0 Å². The van der Waals surface area contributed by atoms with Crippen molar-refractivity contribution in [2.75, 3.05) is 0 Å². The van der Waals surface area contributed by atoms with E-state index in [1.165, 1.54) is 0 Å². The number of hydrogen-bond donors (Lipinski definition) is 0. The van der Waals surface area contributed by atoms with Crippen LogP contribution in [0.15, 0.2) is 0 Å². The van der Waals surface area contributed by atoms with E-state index in [-0.39, 0.29) is 45.1 Å². The zero-order chi connectivity index (χ0) is 0. The van der Waals surface area contributed by atoms with Crippen molar-refractivity contribution in [3.8, 4) is 0 Å². The van der Waals surface area contributed by atoms with Crippen molar-refractivity contribution in [1.29, 1.82) is 0 Å². The van der Waals surface area contributed by atoms with E-state index in [0.29, 0.717) is 0 Å². The maximum atomic E-state index is 0. The molecule has 0 aliphatic carbocycles. The van der Waals surface area contributed by atoms with Gasteiger partial charge in [-0.05, 0) is 0 Å². The van der Waals surface area contributed by atoms with Crippen LogP contribution in [0.25, 0.3) is 0 Å². The van der Waals surface area contributed by atoms with Gasteiger partial charge < -0.3 is 11.0 Å². The molecular weight excluding hydrogens is 142 g/mol. The van der Waals surface area contributed by atoms with Gasteiger partial charge in [0.05, 0.1) is 0 Å². The van der Waals surface area contributed by atoms with Gasteiger partial charge in [-0.2, -0.15) is 0 Å². The molecule has 0 spiro atoms. The van der Waals surface area contributed by atoms with Crippen LogP contribution in [0.1, 0.15) is 0 Å². The predicted molar refractivity (Wildman–Crippen MR) is 1.37 cm³/mol. The minimum Gasteiger partial charge on any atom is -2.00 e. The molecule has 2 nitrogen and oxygen atoms in total. The molecule has 0 aromatic rings. The maximum absolute atomic E-state index is 0. The molecule has 4 heavy (non-hydrogen) atoms. The summed E-state index contributed by atoms with van der Waals surface area (Å²) in [6.45, 7) is 0.